The lowest BCUT2D eigenvalue weighted by Crippen LogP contribution is -2.50. The predicted molar refractivity (Wildman–Crippen MR) is 90.7 cm³/mol. The van der Waals surface area contributed by atoms with Crippen LogP contribution < -0.4 is 5.19 Å². The highest BCUT2D eigenvalue weighted by atomic mass is 28.3. The van der Waals surface area contributed by atoms with E-state index in [1.165, 1.54) is 5.19 Å². The van der Waals surface area contributed by atoms with Crippen LogP contribution in [0, 0.1) is 5.41 Å². The van der Waals surface area contributed by atoms with Gasteiger partial charge in [0.25, 0.3) is 0 Å². The molecule has 1 aromatic rings. The van der Waals surface area contributed by atoms with Gasteiger partial charge in [0.15, 0.2) is 0 Å². The summed E-state index contributed by atoms with van der Waals surface area (Å²) in [5.41, 5.74) is 0.214. The van der Waals surface area contributed by atoms with Gasteiger partial charge in [-0.15, -0.1) is 6.58 Å². The van der Waals surface area contributed by atoms with E-state index >= 15 is 0 Å². The van der Waals surface area contributed by atoms with Crippen LogP contribution in [0.4, 0.5) is 0 Å². The van der Waals surface area contributed by atoms with Gasteiger partial charge in [-0.05, 0) is 5.41 Å². The van der Waals surface area contributed by atoms with Crippen molar-refractivity contribution in [1.82, 2.24) is 0 Å². The van der Waals surface area contributed by atoms with E-state index in [1.807, 2.05) is 0 Å². The maximum atomic E-state index is 4.11. The third kappa shape index (κ3) is 3.70. The highest BCUT2D eigenvalue weighted by Crippen LogP contribution is 2.41. The molecular formula is C18H28Si. The van der Waals surface area contributed by atoms with Gasteiger partial charge in [0, 0.05) is 5.04 Å². The van der Waals surface area contributed by atoms with Gasteiger partial charge in [0.05, 0.1) is 8.07 Å². The molecule has 104 valence electrons. The van der Waals surface area contributed by atoms with Gasteiger partial charge in [-0.1, -0.05) is 94.5 Å². The lowest BCUT2D eigenvalue weighted by atomic mass is 9.94. The molecule has 19 heavy (non-hydrogen) atoms. The summed E-state index contributed by atoms with van der Waals surface area (Å²) in [6.07, 6.45) is 6.83. The van der Waals surface area contributed by atoms with E-state index in [9.17, 15) is 0 Å². The van der Waals surface area contributed by atoms with E-state index < -0.39 is 8.07 Å². The summed E-state index contributed by atoms with van der Waals surface area (Å²) in [7, 11) is -1.64. The van der Waals surface area contributed by atoms with Crippen molar-refractivity contribution < 1.29 is 0 Å². The number of hydrogen-bond acceptors (Lipinski definition) is 0. The van der Waals surface area contributed by atoms with E-state index in [2.05, 4.69) is 95.9 Å². The smallest absolute Gasteiger partial charge is 0.0942 e. The van der Waals surface area contributed by atoms with Crippen LogP contribution in [0.25, 0.3) is 0 Å². The van der Waals surface area contributed by atoms with Crippen LogP contribution in [-0.2, 0) is 0 Å². The standard InChI is InChI=1S/C18H28Si/c1-8-18(5,15-14-17(2,3)4)19(6,7)16-12-10-9-11-13-16/h8-15H,1H2,2-7H3/b15-14+/t18-/m1/s1. The van der Waals surface area contributed by atoms with Crippen LogP contribution in [0.3, 0.4) is 0 Å². The molecule has 1 rings (SSSR count). The van der Waals surface area contributed by atoms with Crippen molar-refractivity contribution in [2.45, 2.75) is 45.8 Å². The van der Waals surface area contributed by atoms with Crippen LogP contribution in [0.15, 0.2) is 55.1 Å². The average molecular weight is 273 g/mol. The largest absolute Gasteiger partial charge is 0.102 e. The van der Waals surface area contributed by atoms with Gasteiger partial charge in [-0.2, -0.15) is 0 Å². The number of allylic oxidation sites excluding steroid dienone is 3. The Morgan fingerprint density at radius 2 is 1.47 bits per heavy atom. The fourth-order valence-electron chi connectivity index (χ4n) is 2.12. The van der Waals surface area contributed by atoms with Gasteiger partial charge in [0.2, 0.25) is 0 Å². The molecule has 0 unspecified atom stereocenters. The molecule has 0 fully saturated rings. The summed E-state index contributed by atoms with van der Waals surface area (Å²) < 4.78 is 0. The van der Waals surface area contributed by atoms with E-state index in [4.69, 9.17) is 0 Å². The molecule has 0 heterocycles. The van der Waals surface area contributed by atoms with E-state index in [0.717, 1.165) is 0 Å². The summed E-state index contributed by atoms with van der Waals surface area (Å²) in [5, 5.41) is 1.55. The Kier molecular flexibility index (Phi) is 4.62. The molecule has 0 spiro atoms. The lowest BCUT2D eigenvalue weighted by Gasteiger charge is -2.39. The second-order valence-corrected chi connectivity index (χ2v) is 12.1. The molecule has 0 aliphatic heterocycles. The lowest BCUT2D eigenvalue weighted by molar-refractivity contribution is 0.540. The second-order valence-electron chi connectivity index (χ2n) is 7.18. The van der Waals surface area contributed by atoms with Gasteiger partial charge in [-0.25, -0.2) is 0 Å². The molecule has 1 heteroatoms. The highest BCUT2D eigenvalue weighted by molar-refractivity contribution is 6.93. The van der Waals surface area contributed by atoms with Gasteiger partial charge < -0.3 is 0 Å². The Balaban J connectivity index is 3.21. The van der Waals surface area contributed by atoms with Crippen molar-refractivity contribution in [3.05, 3.63) is 55.1 Å². The Morgan fingerprint density at radius 3 is 1.89 bits per heavy atom. The molecule has 1 atom stereocenters. The maximum absolute atomic E-state index is 4.11. The topological polar surface area (TPSA) is 0 Å². The quantitative estimate of drug-likeness (QED) is 0.525. The van der Waals surface area contributed by atoms with Crippen molar-refractivity contribution in [1.29, 1.82) is 0 Å². The maximum Gasteiger partial charge on any atom is 0.0942 e. The van der Waals surface area contributed by atoms with Crippen molar-refractivity contribution in [2.75, 3.05) is 0 Å². The average Bonchev–Trinajstić information content (AvgIpc) is 2.36. The monoisotopic (exact) mass is 272 g/mol. The Labute approximate surface area is 120 Å². The zero-order valence-electron chi connectivity index (χ0n) is 13.3. The van der Waals surface area contributed by atoms with E-state index in [1.54, 1.807) is 0 Å². The van der Waals surface area contributed by atoms with Crippen LogP contribution >= 0.6 is 0 Å². The van der Waals surface area contributed by atoms with Crippen molar-refractivity contribution in [3.63, 3.8) is 0 Å². The first-order valence-electron chi connectivity index (χ1n) is 7.02. The van der Waals surface area contributed by atoms with E-state index in [0.29, 0.717) is 0 Å². The minimum Gasteiger partial charge on any atom is -0.102 e. The first-order chi connectivity index (χ1) is 8.62. The zero-order valence-corrected chi connectivity index (χ0v) is 14.3. The summed E-state index contributed by atoms with van der Waals surface area (Å²) in [6.45, 7) is 18.0. The second kappa shape index (κ2) is 5.50. The molecule has 0 radical (unpaired) electrons. The molecule has 0 aliphatic carbocycles. The number of benzene rings is 1. The molecule has 0 aliphatic rings. The fraction of sp³-hybridized carbons (Fsp3) is 0.444. The molecule has 1 aromatic carbocycles. The molecule has 0 bridgehead atoms. The van der Waals surface area contributed by atoms with Crippen LogP contribution in [0.2, 0.25) is 18.1 Å². The summed E-state index contributed by atoms with van der Waals surface area (Å²) in [6, 6.07) is 10.9. The van der Waals surface area contributed by atoms with Crippen molar-refractivity contribution >= 4 is 13.3 Å². The molecule has 0 nitrogen and oxygen atoms in total. The minimum atomic E-state index is -1.64. The Hall–Kier alpha value is -1.08. The van der Waals surface area contributed by atoms with Crippen molar-refractivity contribution in [2.24, 2.45) is 5.41 Å². The molecule has 0 saturated heterocycles. The molecular weight excluding hydrogens is 244 g/mol. The Morgan fingerprint density at radius 1 is 0.947 bits per heavy atom. The minimum absolute atomic E-state index is 0.0711. The van der Waals surface area contributed by atoms with Gasteiger partial charge in [-0.3, -0.25) is 0 Å². The number of rotatable bonds is 4. The summed E-state index contributed by atoms with van der Waals surface area (Å²) >= 11 is 0. The van der Waals surface area contributed by atoms with Gasteiger partial charge >= 0.3 is 0 Å². The van der Waals surface area contributed by atoms with Gasteiger partial charge in [0.1, 0.15) is 0 Å². The zero-order chi connectivity index (χ0) is 14.7. The molecule has 0 amide bonds. The Bertz CT molecular complexity index is 448. The first-order valence-corrected chi connectivity index (χ1v) is 10.0. The van der Waals surface area contributed by atoms with Crippen molar-refractivity contribution in [3.8, 4) is 0 Å². The van der Waals surface area contributed by atoms with Crippen LogP contribution in [0.5, 0.6) is 0 Å². The highest BCUT2D eigenvalue weighted by Gasteiger charge is 2.40. The number of hydrogen-bond donors (Lipinski definition) is 0. The third-order valence-corrected chi connectivity index (χ3v) is 9.04. The first kappa shape index (κ1) is 16.0. The molecule has 0 N–H and O–H groups in total. The summed E-state index contributed by atoms with van der Waals surface area (Å²) in [4.78, 5) is 0. The molecule has 0 aromatic heterocycles. The van der Waals surface area contributed by atoms with E-state index in [-0.39, 0.29) is 10.5 Å². The fourth-order valence-corrected chi connectivity index (χ4v) is 4.78. The molecule has 0 saturated carbocycles. The SMILES string of the molecule is C=C[C@](C)(/C=C/C(C)(C)C)[Si](C)(C)c1ccccc1. The van der Waals surface area contributed by atoms with Crippen LogP contribution in [-0.4, -0.2) is 8.07 Å². The normalized spacial score (nSPS) is 16.3. The van der Waals surface area contributed by atoms with Crippen LogP contribution in [0.1, 0.15) is 27.7 Å². The third-order valence-electron chi connectivity index (χ3n) is 4.20. The summed E-state index contributed by atoms with van der Waals surface area (Å²) in [5.74, 6) is 0. The predicted octanol–water partition coefficient (Wildman–Crippen LogP) is 5.15.